The first-order chi connectivity index (χ1) is 9.08. The molecule has 19 heavy (non-hydrogen) atoms. The summed E-state index contributed by atoms with van der Waals surface area (Å²) >= 11 is 9.41. The van der Waals surface area contributed by atoms with Crippen molar-refractivity contribution in [2.45, 2.75) is 13.5 Å². The second-order valence-electron chi connectivity index (χ2n) is 4.12. The van der Waals surface area contributed by atoms with Crippen molar-refractivity contribution in [2.75, 3.05) is 12.4 Å². The van der Waals surface area contributed by atoms with Gasteiger partial charge in [-0.15, -0.1) is 0 Å². The van der Waals surface area contributed by atoms with Gasteiger partial charge in [0.2, 0.25) is 0 Å². The number of pyridine rings is 1. The average Bonchev–Trinajstić information content (AvgIpc) is 2.39. The Balaban J connectivity index is 2.09. The molecule has 0 aliphatic rings. The molecule has 3 nitrogen and oxygen atoms in total. The summed E-state index contributed by atoms with van der Waals surface area (Å²) in [4.78, 5) is 4.45. The molecule has 100 valence electrons. The minimum Gasteiger partial charge on any atom is -0.497 e. The fourth-order valence-electron chi connectivity index (χ4n) is 1.71. The van der Waals surface area contributed by atoms with Crippen molar-refractivity contribution in [3.63, 3.8) is 0 Å². The van der Waals surface area contributed by atoms with E-state index in [1.54, 1.807) is 7.11 Å². The van der Waals surface area contributed by atoms with Crippen LogP contribution in [0.5, 0.6) is 5.75 Å². The van der Waals surface area contributed by atoms with E-state index in [-0.39, 0.29) is 0 Å². The van der Waals surface area contributed by atoms with E-state index in [1.807, 2.05) is 37.3 Å². The van der Waals surface area contributed by atoms with Crippen molar-refractivity contribution in [3.05, 3.63) is 51.2 Å². The van der Waals surface area contributed by atoms with Crippen molar-refractivity contribution >= 4 is 33.2 Å². The number of rotatable bonds is 4. The smallest absolute Gasteiger partial charge is 0.122 e. The number of aryl methyl sites for hydroxylation is 1. The van der Waals surface area contributed by atoms with Crippen LogP contribution in [-0.4, -0.2) is 12.1 Å². The maximum Gasteiger partial charge on any atom is 0.122 e. The highest BCUT2D eigenvalue weighted by Gasteiger charge is 2.02. The lowest BCUT2D eigenvalue weighted by Gasteiger charge is -2.09. The molecule has 1 heterocycles. The molecule has 0 saturated heterocycles. The third-order valence-corrected chi connectivity index (χ3v) is 3.84. The van der Waals surface area contributed by atoms with Crippen molar-refractivity contribution in [1.82, 2.24) is 4.98 Å². The number of nitrogens with one attached hydrogen (secondary N) is 1. The Hall–Kier alpha value is -1.26. The molecule has 5 heteroatoms. The summed E-state index contributed by atoms with van der Waals surface area (Å²) in [6.45, 7) is 2.57. The van der Waals surface area contributed by atoms with Crippen LogP contribution in [0.25, 0.3) is 0 Å². The molecule has 0 atom stereocenters. The highest BCUT2D eigenvalue weighted by atomic mass is 79.9. The Labute approximate surface area is 126 Å². The van der Waals surface area contributed by atoms with Crippen LogP contribution in [0.4, 0.5) is 5.69 Å². The number of aromatic nitrogens is 1. The molecule has 2 rings (SSSR count). The van der Waals surface area contributed by atoms with Crippen LogP contribution < -0.4 is 10.1 Å². The lowest BCUT2D eigenvalue weighted by Crippen LogP contribution is -2.03. The maximum absolute atomic E-state index is 6.05. The predicted octanol–water partition coefficient (Wildman–Crippen LogP) is 4.43. The SMILES string of the molecule is COc1cc(C)nc(CNc2ccc(Br)c(Cl)c2)c1. The van der Waals surface area contributed by atoms with Gasteiger partial charge in [-0.25, -0.2) is 0 Å². The number of halogens is 2. The van der Waals surface area contributed by atoms with Gasteiger partial charge in [0.15, 0.2) is 0 Å². The molecule has 0 fully saturated rings. The molecule has 0 aliphatic carbocycles. The Morgan fingerprint density at radius 1 is 1.32 bits per heavy atom. The zero-order chi connectivity index (χ0) is 13.8. The topological polar surface area (TPSA) is 34.1 Å². The van der Waals surface area contributed by atoms with Gasteiger partial charge in [-0.1, -0.05) is 11.6 Å². The molecular weight excluding hydrogens is 328 g/mol. The molecule has 0 radical (unpaired) electrons. The van der Waals surface area contributed by atoms with E-state index in [9.17, 15) is 0 Å². The van der Waals surface area contributed by atoms with Gasteiger partial charge in [-0.05, 0) is 41.1 Å². The number of benzene rings is 1. The minimum absolute atomic E-state index is 0.621. The quantitative estimate of drug-likeness (QED) is 0.893. The fourth-order valence-corrected chi connectivity index (χ4v) is 2.14. The van der Waals surface area contributed by atoms with E-state index < -0.39 is 0 Å². The van der Waals surface area contributed by atoms with Crippen LogP contribution in [0.3, 0.4) is 0 Å². The largest absolute Gasteiger partial charge is 0.497 e. The molecule has 1 aromatic heterocycles. The van der Waals surface area contributed by atoms with E-state index in [1.165, 1.54) is 0 Å². The predicted molar refractivity (Wildman–Crippen MR) is 82.0 cm³/mol. The summed E-state index contributed by atoms with van der Waals surface area (Å²) in [5.74, 6) is 0.818. The Bertz CT molecular complexity index is 590. The Morgan fingerprint density at radius 2 is 2.11 bits per heavy atom. The second-order valence-corrected chi connectivity index (χ2v) is 5.38. The van der Waals surface area contributed by atoms with Gasteiger partial charge in [0.25, 0.3) is 0 Å². The zero-order valence-electron chi connectivity index (χ0n) is 10.7. The minimum atomic E-state index is 0.621. The van der Waals surface area contributed by atoms with Gasteiger partial charge in [-0.3, -0.25) is 4.98 Å². The van der Waals surface area contributed by atoms with E-state index in [2.05, 4.69) is 26.2 Å². The highest BCUT2D eigenvalue weighted by molar-refractivity contribution is 9.10. The summed E-state index contributed by atoms with van der Waals surface area (Å²) in [5, 5.41) is 3.96. The first-order valence-electron chi connectivity index (χ1n) is 5.79. The van der Waals surface area contributed by atoms with E-state index in [4.69, 9.17) is 16.3 Å². The van der Waals surface area contributed by atoms with Crippen LogP contribution in [0.1, 0.15) is 11.4 Å². The molecular formula is C14H14BrClN2O. The fraction of sp³-hybridized carbons (Fsp3) is 0.214. The highest BCUT2D eigenvalue weighted by Crippen LogP contribution is 2.25. The van der Waals surface area contributed by atoms with Crippen molar-refractivity contribution in [3.8, 4) is 5.75 Å². The monoisotopic (exact) mass is 340 g/mol. The van der Waals surface area contributed by atoms with Crippen LogP contribution in [-0.2, 0) is 6.54 Å². The molecule has 0 unspecified atom stereocenters. The van der Waals surface area contributed by atoms with E-state index >= 15 is 0 Å². The zero-order valence-corrected chi connectivity index (χ0v) is 13.0. The molecule has 0 amide bonds. The number of hydrogen-bond acceptors (Lipinski definition) is 3. The lowest BCUT2D eigenvalue weighted by molar-refractivity contribution is 0.413. The molecule has 1 aromatic carbocycles. The van der Waals surface area contributed by atoms with Crippen LogP contribution in [0.2, 0.25) is 5.02 Å². The summed E-state index contributed by atoms with van der Waals surface area (Å²) < 4.78 is 6.11. The van der Waals surface area contributed by atoms with Gasteiger partial charge in [0.1, 0.15) is 5.75 Å². The summed E-state index contributed by atoms with van der Waals surface area (Å²) in [6.07, 6.45) is 0. The number of nitrogens with zero attached hydrogens (tertiary/aromatic N) is 1. The Kier molecular flexibility index (Phi) is 4.66. The second kappa shape index (κ2) is 6.26. The van der Waals surface area contributed by atoms with Crippen LogP contribution >= 0.6 is 27.5 Å². The van der Waals surface area contributed by atoms with Gasteiger partial charge in [-0.2, -0.15) is 0 Å². The van der Waals surface area contributed by atoms with Crippen molar-refractivity contribution < 1.29 is 4.74 Å². The Morgan fingerprint density at radius 3 is 2.79 bits per heavy atom. The summed E-state index contributed by atoms with van der Waals surface area (Å²) in [6, 6.07) is 9.57. The third kappa shape index (κ3) is 3.85. The van der Waals surface area contributed by atoms with Gasteiger partial charge < -0.3 is 10.1 Å². The lowest BCUT2D eigenvalue weighted by atomic mass is 10.2. The number of hydrogen-bond donors (Lipinski definition) is 1. The van der Waals surface area contributed by atoms with E-state index in [0.29, 0.717) is 11.6 Å². The average molecular weight is 342 g/mol. The number of ether oxygens (including phenoxy) is 1. The summed E-state index contributed by atoms with van der Waals surface area (Å²) in [7, 11) is 1.65. The van der Waals surface area contributed by atoms with Crippen LogP contribution in [0, 0.1) is 6.92 Å². The molecule has 0 saturated carbocycles. The molecule has 1 N–H and O–H groups in total. The molecule has 2 aromatic rings. The molecule has 0 spiro atoms. The number of methoxy groups -OCH3 is 1. The van der Waals surface area contributed by atoms with E-state index in [0.717, 1.165) is 27.3 Å². The van der Waals surface area contributed by atoms with Crippen molar-refractivity contribution in [2.24, 2.45) is 0 Å². The number of anilines is 1. The summed E-state index contributed by atoms with van der Waals surface area (Å²) in [5.41, 5.74) is 2.82. The van der Waals surface area contributed by atoms with Gasteiger partial charge in [0.05, 0.1) is 24.4 Å². The first kappa shape index (κ1) is 14.2. The normalized spacial score (nSPS) is 10.3. The maximum atomic E-state index is 6.05. The first-order valence-corrected chi connectivity index (χ1v) is 6.96. The van der Waals surface area contributed by atoms with Crippen LogP contribution in [0.15, 0.2) is 34.8 Å². The van der Waals surface area contributed by atoms with Gasteiger partial charge >= 0.3 is 0 Å². The van der Waals surface area contributed by atoms with Gasteiger partial charge in [0, 0.05) is 28.0 Å². The molecule has 0 bridgehead atoms. The molecule has 0 aliphatic heterocycles. The standard InChI is InChI=1S/C14H14BrClN2O/c1-9-5-12(19-2)6-11(18-9)8-17-10-3-4-13(15)14(16)7-10/h3-7,17H,8H2,1-2H3. The van der Waals surface area contributed by atoms with Crippen molar-refractivity contribution in [1.29, 1.82) is 0 Å². The third-order valence-electron chi connectivity index (χ3n) is 2.61.